The van der Waals surface area contributed by atoms with Crippen molar-refractivity contribution >= 4 is 28.9 Å². The van der Waals surface area contributed by atoms with Gasteiger partial charge in [0.2, 0.25) is 5.91 Å². The highest BCUT2D eigenvalue weighted by molar-refractivity contribution is 6.31. The summed E-state index contributed by atoms with van der Waals surface area (Å²) in [5.41, 5.74) is 6.93. The fourth-order valence-corrected chi connectivity index (χ4v) is 2.61. The molecule has 1 aliphatic rings. The van der Waals surface area contributed by atoms with Crippen LogP contribution >= 0.6 is 11.6 Å². The molecule has 5 nitrogen and oxygen atoms in total. The van der Waals surface area contributed by atoms with Crippen LogP contribution < -0.4 is 11.1 Å². The second-order valence-electron chi connectivity index (χ2n) is 5.66. The van der Waals surface area contributed by atoms with Gasteiger partial charge in [-0.25, -0.2) is 0 Å². The molecule has 1 aliphatic heterocycles. The average Bonchev–Trinajstić information content (AvgIpc) is 2.44. The molecule has 1 heterocycles. The van der Waals surface area contributed by atoms with Gasteiger partial charge in [0.15, 0.2) is 0 Å². The number of amides is 1. The number of nitrogens with one attached hydrogen (secondary N) is 1. The Labute approximate surface area is 131 Å². The molecule has 6 heteroatoms. The Hall–Kier alpha value is -1.30. The van der Waals surface area contributed by atoms with Gasteiger partial charge in [-0.05, 0) is 32.2 Å². The van der Waals surface area contributed by atoms with Crippen molar-refractivity contribution in [2.75, 3.05) is 44.3 Å². The summed E-state index contributed by atoms with van der Waals surface area (Å²) in [5, 5.41) is 3.39. The van der Waals surface area contributed by atoms with Gasteiger partial charge in [0.1, 0.15) is 0 Å². The van der Waals surface area contributed by atoms with Crippen molar-refractivity contribution in [2.24, 2.45) is 0 Å². The summed E-state index contributed by atoms with van der Waals surface area (Å²) >= 11 is 5.91. The van der Waals surface area contributed by atoms with Gasteiger partial charge in [0.05, 0.1) is 11.4 Å². The minimum Gasteiger partial charge on any atom is -0.397 e. The molecule has 1 aromatic carbocycles. The summed E-state index contributed by atoms with van der Waals surface area (Å²) in [4.78, 5) is 16.7. The third kappa shape index (κ3) is 4.59. The number of carbonyl (C=O) groups excluding carboxylic acids is 1. The van der Waals surface area contributed by atoms with Crippen LogP contribution in [0.25, 0.3) is 0 Å². The fourth-order valence-electron chi connectivity index (χ4n) is 2.44. The fraction of sp³-hybridized carbons (Fsp3) is 0.533. The van der Waals surface area contributed by atoms with Gasteiger partial charge in [0.25, 0.3) is 0 Å². The number of benzene rings is 1. The number of halogens is 1. The molecular weight excluding hydrogens is 288 g/mol. The van der Waals surface area contributed by atoms with E-state index in [9.17, 15) is 4.79 Å². The lowest BCUT2D eigenvalue weighted by atomic mass is 10.2. The molecule has 1 aromatic rings. The van der Waals surface area contributed by atoms with Crippen LogP contribution in [-0.2, 0) is 4.79 Å². The van der Waals surface area contributed by atoms with Gasteiger partial charge >= 0.3 is 0 Å². The molecule has 116 valence electrons. The quantitative estimate of drug-likeness (QED) is 0.834. The Bertz CT molecular complexity index is 508. The van der Waals surface area contributed by atoms with E-state index >= 15 is 0 Å². The molecular formula is C15H23ClN4O. The van der Waals surface area contributed by atoms with Gasteiger partial charge in [-0.1, -0.05) is 11.6 Å². The number of nitrogens with zero attached hydrogens (tertiary/aromatic N) is 2. The molecule has 0 saturated carbocycles. The first kappa shape index (κ1) is 16.1. The molecule has 1 unspecified atom stereocenters. The summed E-state index contributed by atoms with van der Waals surface area (Å²) in [5.74, 6) is -0.0319. The number of nitrogens with two attached hydrogens (primary N) is 1. The van der Waals surface area contributed by atoms with E-state index in [2.05, 4.69) is 29.1 Å². The number of anilines is 2. The van der Waals surface area contributed by atoms with Crippen LogP contribution in [-0.4, -0.2) is 55.0 Å². The zero-order valence-corrected chi connectivity index (χ0v) is 13.4. The van der Waals surface area contributed by atoms with Gasteiger partial charge in [-0.2, -0.15) is 0 Å². The molecule has 1 amide bonds. The van der Waals surface area contributed by atoms with Crippen LogP contribution in [0.4, 0.5) is 11.4 Å². The van der Waals surface area contributed by atoms with Crippen molar-refractivity contribution < 1.29 is 4.79 Å². The summed E-state index contributed by atoms with van der Waals surface area (Å²) in [6, 6.07) is 5.61. The number of hydrogen-bond acceptors (Lipinski definition) is 4. The largest absolute Gasteiger partial charge is 0.397 e. The predicted octanol–water partition coefficient (Wildman–Crippen LogP) is 1.89. The lowest BCUT2D eigenvalue weighted by Crippen LogP contribution is -2.50. The summed E-state index contributed by atoms with van der Waals surface area (Å²) in [6.45, 7) is 6.03. The van der Waals surface area contributed by atoms with E-state index in [1.165, 1.54) is 0 Å². The predicted molar refractivity (Wildman–Crippen MR) is 87.6 cm³/mol. The lowest BCUT2D eigenvalue weighted by Gasteiger charge is -2.37. The molecule has 21 heavy (non-hydrogen) atoms. The summed E-state index contributed by atoms with van der Waals surface area (Å²) in [7, 11) is 2.14. The van der Waals surface area contributed by atoms with Crippen molar-refractivity contribution in [3.63, 3.8) is 0 Å². The van der Waals surface area contributed by atoms with E-state index in [0.29, 0.717) is 28.9 Å². The SMILES string of the molecule is CC1CN(CCC(=O)Nc2cc(Cl)ccc2N)CCN1C. The van der Waals surface area contributed by atoms with Gasteiger partial charge in [0, 0.05) is 43.7 Å². The maximum atomic E-state index is 12.0. The average molecular weight is 311 g/mol. The smallest absolute Gasteiger partial charge is 0.225 e. The van der Waals surface area contributed by atoms with Gasteiger partial charge < -0.3 is 20.9 Å². The van der Waals surface area contributed by atoms with Crippen LogP contribution in [0.1, 0.15) is 13.3 Å². The normalized spacial score (nSPS) is 20.4. The number of nitrogen functional groups attached to an aromatic ring is 1. The minimum atomic E-state index is -0.0319. The van der Waals surface area contributed by atoms with Crippen LogP contribution in [0, 0.1) is 0 Å². The highest BCUT2D eigenvalue weighted by atomic mass is 35.5. The summed E-state index contributed by atoms with van der Waals surface area (Å²) in [6.07, 6.45) is 0.461. The van der Waals surface area contributed by atoms with Crippen molar-refractivity contribution in [2.45, 2.75) is 19.4 Å². The molecule has 3 N–H and O–H groups in total. The van der Waals surface area contributed by atoms with Crippen LogP contribution in [0.3, 0.4) is 0 Å². The van der Waals surface area contributed by atoms with E-state index in [4.69, 9.17) is 17.3 Å². The van der Waals surface area contributed by atoms with Gasteiger partial charge in [-0.15, -0.1) is 0 Å². The molecule has 1 atom stereocenters. The first-order valence-corrected chi connectivity index (χ1v) is 7.61. The Morgan fingerprint density at radius 2 is 2.24 bits per heavy atom. The highest BCUT2D eigenvalue weighted by Gasteiger charge is 2.20. The van der Waals surface area contributed by atoms with Crippen molar-refractivity contribution in [3.05, 3.63) is 23.2 Å². The van der Waals surface area contributed by atoms with Crippen molar-refractivity contribution in [1.29, 1.82) is 0 Å². The van der Waals surface area contributed by atoms with Crippen molar-refractivity contribution in [1.82, 2.24) is 9.80 Å². The molecule has 1 saturated heterocycles. The lowest BCUT2D eigenvalue weighted by molar-refractivity contribution is -0.116. The van der Waals surface area contributed by atoms with E-state index < -0.39 is 0 Å². The second-order valence-corrected chi connectivity index (χ2v) is 6.10. The Morgan fingerprint density at radius 1 is 1.48 bits per heavy atom. The molecule has 2 rings (SSSR count). The zero-order chi connectivity index (χ0) is 15.4. The second kappa shape index (κ2) is 7.11. The monoisotopic (exact) mass is 310 g/mol. The zero-order valence-electron chi connectivity index (χ0n) is 12.6. The Morgan fingerprint density at radius 3 is 2.95 bits per heavy atom. The van der Waals surface area contributed by atoms with E-state index in [-0.39, 0.29) is 5.91 Å². The van der Waals surface area contributed by atoms with Gasteiger partial charge in [-0.3, -0.25) is 4.79 Å². The van der Waals surface area contributed by atoms with Crippen LogP contribution in [0.2, 0.25) is 5.02 Å². The number of hydrogen-bond donors (Lipinski definition) is 2. The molecule has 1 fully saturated rings. The first-order valence-electron chi connectivity index (χ1n) is 7.23. The highest BCUT2D eigenvalue weighted by Crippen LogP contribution is 2.23. The maximum Gasteiger partial charge on any atom is 0.225 e. The standard InChI is InChI=1S/C15H23ClN4O/c1-11-10-20(8-7-19(11)2)6-5-15(21)18-14-9-12(16)3-4-13(14)17/h3-4,9,11H,5-8,10,17H2,1-2H3,(H,18,21). The maximum absolute atomic E-state index is 12.0. The third-order valence-corrected chi connectivity index (χ3v) is 4.22. The Kier molecular flexibility index (Phi) is 5.45. The molecule has 0 bridgehead atoms. The minimum absolute atomic E-state index is 0.0319. The van der Waals surface area contributed by atoms with Crippen LogP contribution in [0.5, 0.6) is 0 Å². The number of likely N-dealkylation sites (N-methyl/N-ethyl adjacent to an activating group) is 1. The third-order valence-electron chi connectivity index (χ3n) is 3.99. The van der Waals surface area contributed by atoms with E-state index in [0.717, 1.165) is 26.2 Å². The molecule has 0 spiro atoms. The van der Waals surface area contributed by atoms with E-state index in [1.807, 2.05) is 0 Å². The topological polar surface area (TPSA) is 61.6 Å². The number of rotatable bonds is 4. The Balaban J connectivity index is 1.81. The van der Waals surface area contributed by atoms with Crippen LogP contribution in [0.15, 0.2) is 18.2 Å². The molecule has 0 aromatic heterocycles. The van der Waals surface area contributed by atoms with Crippen molar-refractivity contribution in [3.8, 4) is 0 Å². The number of carbonyl (C=O) groups is 1. The first-order chi connectivity index (χ1) is 9.95. The number of piperazine rings is 1. The molecule has 0 radical (unpaired) electrons. The molecule has 0 aliphatic carbocycles. The van der Waals surface area contributed by atoms with E-state index in [1.54, 1.807) is 18.2 Å². The summed E-state index contributed by atoms with van der Waals surface area (Å²) < 4.78 is 0.